The summed E-state index contributed by atoms with van der Waals surface area (Å²) in [5.41, 5.74) is 0.219. The van der Waals surface area contributed by atoms with Crippen molar-refractivity contribution >= 4 is 17.8 Å². The molecular weight excluding hydrogens is 302 g/mol. The van der Waals surface area contributed by atoms with Crippen LogP contribution in [0.1, 0.15) is 38.1 Å². The minimum Gasteiger partial charge on any atom is -0.477 e. The van der Waals surface area contributed by atoms with Gasteiger partial charge < -0.3 is 9.57 Å². The number of benzene rings is 1. The monoisotopic (exact) mass is 313 g/mol. The van der Waals surface area contributed by atoms with E-state index in [1.165, 1.54) is 18.3 Å². The van der Waals surface area contributed by atoms with Crippen molar-refractivity contribution in [2.45, 2.75) is 6.92 Å². The van der Waals surface area contributed by atoms with Crippen LogP contribution >= 0.6 is 0 Å². The number of nitrogens with zero attached hydrogens (tertiary/aromatic N) is 3. The molecule has 3 rings (SSSR count). The first-order chi connectivity index (χ1) is 11.1. The van der Waals surface area contributed by atoms with E-state index in [-0.39, 0.29) is 22.7 Å². The molecule has 1 aromatic heterocycles. The van der Waals surface area contributed by atoms with Gasteiger partial charge in [0.1, 0.15) is 0 Å². The lowest BCUT2D eigenvalue weighted by atomic mass is 10.1. The topological polar surface area (TPSA) is 98.7 Å². The smallest absolute Gasteiger partial charge is 0.383 e. The van der Waals surface area contributed by atoms with Gasteiger partial charge >= 0.3 is 5.97 Å². The lowest BCUT2D eigenvalue weighted by Crippen LogP contribution is -2.33. The molecule has 2 aromatic rings. The normalized spacial score (nSPS) is 13.0. The number of carbonyl (C=O) groups is 3. The Kier molecular flexibility index (Phi) is 3.71. The molecule has 0 radical (unpaired) electrons. The van der Waals surface area contributed by atoms with Gasteiger partial charge in [-0.15, -0.1) is 0 Å². The van der Waals surface area contributed by atoms with Gasteiger partial charge in [-0.25, -0.2) is 14.8 Å². The van der Waals surface area contributed by atoms with Crippen LogP contribution in [0, 0.1) is 0 Å². The van der Waals surface area contributed by atoms with Crippen molar-refractivity contribution in [3.63, 3.8) is 0 Å². The van der Waals surface area contributed by atoms with Crippen LogP contribution in [0.15, 0.2) is 36.7 Å². The van der Waals surface area contributed by atoms with E-state index in [2.05, 4.69) is 9.97 Å². The highest BCUT2D eigenvalue weighted by Crippen LogP contribution is 2.23. The highest BCUT2D eigenvalue weighted by Gasteiger charge is 2.39. The molecule has 0 spiro atoms. The van der Waals surface area contributed by atoms with Gasteiger partial charge in [0.25, 0.3) is 11.8 Å². The van der Waals surface area contributed by atoms with Crippen molar-refractivity contribution in [1.82, 2.24) is 15.0 Å². The average Bonchev–Trinajstić information content (AvgIpc) is 2.81. The molecule has 2 amide bonds. The molecule has 0 unspecified atom stereocenters. The second kappa shape index (κ2) is 5.84. The van der Waals surface area contributed by atoms with Gasteiger partial charge in [-0.05, 0) is 19.1 Å². The summed E-state index contributed by atoms with van der Waals surface area (Å²) in [6.07, 6.45) is 2.40. The van der Waals surface area contributed by atoms with Gasteiger partial charge in [-0.1, -0.05) is 17.2 Å². The fourth-order valence-electron chi connectivity index (χ4n) is 2.02. The molecule has 116 valence electrons. The van der Waals surface area contributed by atoms with Gasteiger partial charge in [0, 0.05) is 0 Å². The zero-order valence-electron chi connectivity index (χ0n) is 12.1. The van der Waals surface area contributed by atoms with E-state index in [1.54, 1.807) is 19.1 Å². The van der Waals surface area contributed by atoms with Crippen molar-refractivity contribution in [3.8, 4) is 5.88 Å². The summed E-state index contributed by atoms with van der Waals surface area (Å²) in [5.74, 6) is -2.10. The number of rotatable bonds is 4. The fraction of sp³-hybridized carbons (Fsp3) is 0.133. The van der Waals surface area contributed by atoms with E-state index >= 15 is 0 Å². The molecule has 1 aromatic carbocycles. The first-order valence-corrected chi connectivity index (χ1v) is 6.76. The summed E-state index contributed by atoms with van der Waals surface area (Å²) in [6.45, 7) is 2.19. The first kappa shape index (κ1) is 14.6. The number of hydrogen-bond donors (Lipinski definition) is 0. The van der Waals surface area contributed by atoms with Crippen LogP contribution < -0.4 is 4.74 Å². The molecule has 0 aliphatic carbocycles. The van der Waals surface area contributed by atoms with Crippen molar-refractivity contribution in [3.05, 3.63) is 53.5 Å². The Bertz CT molecular complexity index is 753. The number of hydroxylamine groups is 2. The van der Waals surface area contributed by atoms with E-state index in [1.807, 2.05) is 0 Å². The van der Waals surface area contributed by atoms with Crippen LogP contribution in [0.3, 0.4) is 0 Å². The molecule has 0 bridgehead atoms. The second-order valence-electron chi connectivity index (χ2n) is 4.50. The summed E-state index contributed by atoms with van der Waals surface area (Å²) < 4.78 is 5.11. The van der Waals surface area contributed by atoms with E-state index in [0.717, 1.165) is 6.20 Å². The zero-order valence-corrected chi connectivity index (χ0v) is 12.1. The number of fused-ring (bicyclic) bond motifs is 1. The molecule has 2 heterocycles. The Labute approximate surface area is 130 Å². The molecule has 0 fully saturated rings. The lowest BCUT2D eigenvalue weighted by Gasteiger charge is -2.12. The third kappa shape index (κ3) is 2.61. The van der Waals surface area contributed by atoms with Crippen LogP contribution in [-0.2, 0) is 4.84 Å². The number of amides is 2. The molecular formula is C15H11N3O5. The zero-order chi connectivity index (χ0) is 16.4. The van der Waals surface area contributed by atoms with E-state index < -0.39 is 17.8 Å². The average molecular weight is 313 g/mol. The Morgan fingerprint density at radius 3 is 2.26 bits per heavy atom. The predicted molar refractivity (Wildman–Crippen MR) is 75.6 cm³/mol. The van der Waals surface area contributed by atoms with Gasteiger partial charge in [0.15, 0.2) is 5.69 Å². The highest BCUT2D eigenvalue weighted by molar-refractivity contribution is 6.21. The van der Waals surface area contributed by atoms with Crippen molar-refractivity contribution < 1.29 is 24.0 Å². The summed E-state index contributed by atoms with van der Waals surface area (Å²) in [4.78, 5) is 48.7. The Balaban J connectivity index is 1.76. The maximum Gasteiger partial charge on any atom is 0.383 e. The summed E-state index contributed by atoms with van der Waals surface area (Å²) in [7, 11) is 0. The van der Waals surface area contributed by atoms with Gasteiger partial charge in [-0.3, -0.25) is 9.59 Å². The first-order valence-electron chi connectivity index (χ1n) is 6.76. The number of aromatic nitrogens is 2. The number of imide groups is 1. The quantitative estimate of drug-likeness (QED) is 0.783. The molecule has 8 heteroatoms. The summed E-state index contributed by atoms with van der Waals surface area (Å²) >= 11 is 0. The van der Waals surface area contributed by atoms with Gasteiger partial charge in [-0.2, -0.15) is 0 Å². The highest BCUT2D eigenvalue weighted by atomic mass is 16.7. The van der Waals surface area contributed by atoms with Crippen molar-refractivity contribution in [2.24, 2.45) is 0 Å². The molecule has 23 heavy (non-hydrogen) atoms. The van der Waals surface area contributed by atoms with Crippen LogP contribution in [0.4, 0.5) is 0 Å². The molecule has 0 atom stereocenters. The lowest BCUT2D eigenvalue weighted by molar-refractivity contribution is -0.0588. The number of ether oxygens (including phenoxy) is 1. The van der Waals surface area contributed by atoms with Crippen LogP contribution in [0.2, 0.25) is 0 Å². The SMILES string of the molecule is CCOc1cnc(C(=O)ON2C(=O)c3ccccc3C2=O)cn1. The maximum atomic E-state index is 12.1. The minimum absolute atomic E-state index is 0.148. The maximum absolute atomic E-state index is 12.1. The Morgan fingerprint density at radius 2 is 1.74 bits per heavy atom. The number of carbonyl (C=O) groups excluding carboxylic acids is 3. The largest absolute Gasteiger partial charge is 0.477 e. The van der Waals surface area contributed by atoms with Gasteiger partial charge in [0.05, 0.1) is 30.1 Å². The van der Waals surface area contributed by atoms with Gasteiger partial charge in [0.2, 0.25) is 5.88 Å². The van der Waals surface area contributed by atoms with Crippen LogP contribution in [0.25, 0.3) is 0 Å². The number of hydrogen-bond acceptors (Lipinski definition) is 7. The van der Waals surface area contributed by atoms with E-state index in [9.17, 15) is 14.4 Å². The fourth-order valence-corrected chi connectivity index (χ4v) is 2.02. The molecule has 8 nitrogen and oxygen atoms in total. The summed E-state index contributed by atoms with van der Waals surface area (Å²) in [6, 6.07) is 6.21. The third-order valence-corrected chi connectivity index (χ3v) is 3.06. The van der Waals surface area contributed by atoms with Crippen LogP contribution in [-0.4, -0.2) is 39.4 Å². The Hall–Kier alpha value is -3.29. The van der Waals surface area contributed by atoms with Crippen molar-refractivity contribution in [1.29, 1.82) is 0 Å². The second-order valence-corrected chi connectivity index (χ2v) is 4.50. The standard InChI is InChI=1S/C15H11N3O5/c1-2-22-12-8-16-11(7-17-12)15(21)23-18-13(19)9-5-3-4-6-10(9)14(18)20/h3-8H,2H2,1H3. The molecule has 0 saturated heterocycles. The summed E-state index contributed by atoms with van der Waals surface area (Å²) in [5, 5.41) is 0.422. The van der Waals surface area contributed by atoms with Crippen LogP contribution in [0.5, 0.6) is 5.88 Å². The van der Waals surface area contributed by atoms with E-state index in [4.69, 9.17) is 9.57 Å². The molecule has 1 aliphatic heterocycles. The third-order valence-electron chi connectivity index (χ3n) is 3.06. The minimum atomic E-state index is -0.963. The predicted octanol–water partition coefficient (Wildman–Crippen LogP) is 1.24. The molecule has 1 aliphatic rings. The van der Waals surface area contributed by atoms with Crippen molar-refractivity contribution in [2.75, 3.05) is 6.61 Å². The molecule has 0 N–H and O–H groups in total. The Morgan fingerprint density at radius 1 is 1.09 bits per heavy atom. The molecule has 0 saturated carbocycles. The van der Waals surface area contributed by atoms with E-state index in [0.29, 0.717) is 11.7 Å².